The summed E-state index contributed by atoms with van der Waals surface area (Å²) in [6, 6.07) is 59.0. The third-order valence-corrected chi connectivity index (χ3v) is 20.7. The highest BCUT2D eigenvalue weighted by Crippen LogP contribution is 2.44. The van der Waals surface area contributed by atoms with E-state index in [0.717, 1.165) is 89.0 Å². The molecule has 676 valence electrons. The molecule has 129 heavy (non-hydrogen) atoms. The zero-order valence-electron chi connectivity index (χ0n) is 67.1. The van der Waals surface area contributed by atoms with Crippen molar-refractivity contribution in [3.63, 3.8) is 0 Å². The zero-order chi connectivity index (χ0) is 93.3. The van der Waals surface area contributed by atoms with E-state index in [0.29, 0.717) is 33.4 Å². The van der Waals surface area contributed by atoms with Gasteiger partial charge < -0.3 is 54.1 Å². The van der Waals surface area contributed by atoms with Crippen molar-refractivity contribution < 1.29 is 131 Å². The standard InChI is InChI=1S/C30H22F6N4O3.C30H25F6N3O5S.C28H23F6N3O3S/c31-29(32,33)42-22-12-6-10-20(16-22)28(18-19-8-2-1-3-9-19,21-11-7-13-23(17-21)43-30(34,35)36)40-27(41)39-26-37-24-14-4-5-15-25(24)38-26;1-3-42-25(40)24-18(2)37-27(45-24)38-26(41)39-28(17-19-9-5-4-6-10-19,20-11-7-13-22(15-20)43-29(31,32)33)21-12-8-14-23(16-21)44-30(34,35)36;1-17-18(2)41-25(35-17)36-24(38)37-26(16-19-8-4-3-5-9-19,20-10-6-12-22(14-20)39-27(29,30)31)21-11-7-13-23(15-21)40-28(32,33)34/h1-17H,18H2,(H3,37,38,39,40,41);4-16H,3,17H2,1-2H3,(H2,37,38,39,41);3-15H,16H2,1-2H3,(H2,35,36,37,38). The number of anilines is 3. The molecule has 0 saturated carbocycles. The maximum absolute atomic E-state index is 13.6. The molecule has 0 aliphatic rings. The Morgan fingerprint density at radius 3 is 0.891 bits per heavy atom. The molecule has 0 radical (unpaired) electrons. The van der Waals surface area contributed by atoms with Crippen LogP contribution < -0.4 is 60.3 Å². The van der Waals surface area contributed by atoms with Crippen LogP contribution in [0.4, 0.5) is 110 Å². The fraction of sp³-hybridized carbons (Fsp3) is 0.193. The summed E-state index contributed by atoms with van der Waals surface area (Å²) in [5.74, 6) is -4.19. The van der Waals surface area contributed by atoms with Crippen LogP contribution in [0.3, 0.4) is 0 Å². The number of rotatable bonds is 26. The minimum absolute atomic E-state index is 0.00928. The molecule has 10 aromatic carbocycles. The summed E-state index contributed by atoms with van der Waals surface area (Å²) in [6.07, 6.45) is -30.5. The van der Waals surface area contributed by atoms with Crippen LogP contribution >= 0.6 is 22.7 Å². The molecular weight excluding hydrogens is 1780 g/mol. The van der Waals surface area contributed by atoms with Crippen LogP contribution in [0.2, 0.25) is 0 Å². The number of alkyl halides is 18. The van der Waals surface area contributed by atoms with Crippen molar-refractivity contribution in [2.24, 2.45) is 0 Å². The van der Waals surface area contributed by atoms with Crippen LogP contribution in [0.5, 0.6) is 34.5 Å². The molecule has 21 nitrogen and oxygen atoms in total. The third-order valence-electron chi connectivity index (χ3n) is 18.6. The van der Waals surface area contributed by atoms with E-state index in [-0.39, 0.29) is 86.0 Å². The number of amides is 6. The van der Waals surface area contributed by atoms with Crippen LogP contribution in [0, 0.1) is 20.8 Å². The van der Waals surface area contributed by atoms with Gasteiger partial charge in [-0.2, -0.15) is 0 Å². The molecule has 0 saturated heterocycles. The number of imidazole rings is 1. The zero-order valence-corrected chi connectivity index (χ0v) is 68.7. The number of hydrogen-bond acceptors (Lipinski definition) is 16. The van der Waals surface area contributed by atoms with Gasteiger partial charge in [0.2, 0.25) is 5.95 Å². The molecular formula is C88H70F18N10O11S2. The highest BCUT2D eigenvalue weighted by molar-refractivity contribution is 7.17. The number of esters is 1. The number of fused-ring (bicyclic) bond motifs is 1. The molecule has 0 fully saturated rings. The van der Waals surface area contributed by atoms with Gasteiger partial charge in [0.05, 0.1) is 45.6 Å². The predicted octanol–water partition coefficient (Wildman–Crippen LogP) is 23.3. The van der Waals surface area contributed by atoms with Gasteiger partial charge in [0.1, 0.15) is 39.4 Å². The van der Waals surface area contributed by atoms with E-state index in [1.54, 1.807) is 129 Å². The Kier molecular flexibility index (Phi) is 29.7. The third kappa shape index (κ3) is 27.4. The molecule has 3 aromatic heterocycles. The second kappa shape index (κ2) is 40.2. The number of thiazole rings is 2. The van der Waals surface area contributed by atoms with E-state index in [1.807, 2.05) is 6.92 Å². The molecule has 13 aromatic rings. The lowest BCUT2D eigenvalue weighted by Crippen LogP contribution is -2.50. The van der Waals surface area contributed by atoms with Crippen LogP contribution in [-0.4, -0.2) is 88.8 Å². The normalized spacial score (nSPS) is 12.0. The fourth-order valence-electron chi connectivity index (χ4n) is 13.5. The first kappa shape index (κ1) is 95.4. The lowest BCUT2D eigenvalue weighted by molar-refractivity contribution is -0.275. The second-order valence-corrected chi connectivity index (χ2v) is 30.0. The topological polar surface area (TPSA) is 260 Å². The van der Waals surface area contributed by atoms with Crippen LogP contribution in [-0.2, 0) is 40.6 Å². The summed E-state index contributed by atoms with van der Waals surface area (Å²) in [7, 11) is 0. The predicted molar refractivity (Wildman–Crippen MR) is 438 cm³/mol. The monoisotopic (exact) mass is 1850 g/mol. The van der Waals surface area contributed by atoms with E-state index in [4.69, 9.17) is 4.74 Å². The van der Waals surface area contributed by atoms with Crippen molar-refractivity contribution >= 4 is 74.0 Å². The Labute approximate surface area is 728 Å². The largest absolute Gasteiger partial charge is 0.573 e. The van der Waals surface area contributed by atoms with Gasteiger partial charge in [-0.1, -0.05) is 187 Å². The summed E-state index contributed by atoms with van der Waals surface area (Å²) in [5.41, 5.74) is -0.853. The van der Waals surface area contributed by atoms with Crippen LogP contribution in [0.15, 0.2) is 261 Å². The van der Waals surface area contributed by atoms with Crippen LogP contribution in [0.1, 0.15) is 82.9 Å². The number of aromatic amines is 1. The van der Waals surface area contributed by atoms with Gasteiger partial charge in [0.25, 0.3) is 0 Å². The Morgan fingerprint density at radius 1 is 0.333 bits per heavy atom. The van der Waals surface area contributed by atoms with Crippen LogP contribution in [0.25, 0.3) is 11.0 Å². The molecule has 7 N–H and O–H groups in total. The van der Waals surface area contributed by atoms with E-state index in [2.05, 4.69) is 80.3 Å². The highest BCUT2D eigenvalue weighted by Gasteiger charge is 2.45. The first-order chi connectivity index (χ1) is 60.8. The lowest BCUT2D eigenvalue weighted by Gasteiger charge is -2.37. The molecule has 0 spiro atoms. The number of urea groups is 3. The fourth-order valence-corrected chi connectivity index (χ4v) is 15.2. The summed E-state index contributed by atoms with van der Waals surface area (Å²) in [4.78, 5) is 69.6. The first-order valence-electron chi connectivity index (χ1n) is 37.9. The molecule has 13 rings (SSSR count). The number of benzene rings is 10. The van der Waals surface area contributed by atoms with Crippen molar-refractivity contribution in [3.8, 4) is 34.5 Å². The number of carbonyl (C=O) groups excluding carboxylic acids is 4. The number of nitrogens with one attached hydrogen (secondary N) is 7. The van der Waals surface area contributed by atoms with Gasteiger partial charge in [0, 0.05) is 24.1 Å². The maximum Gasteiger partial charge on any atom is 0.573 e. The molecule has 0 unspecified atom stereocenters. The van der Waals surface area contributed by atoms with Crippen molar-refractivity contribution in [2.45, 2.75) is 102 Å². The smallest absolute Gasteiger partial charge is 0.462 e. The number of ether oxygens (including phenoxy) is 7. The molecule has 0 aliphatic carbocycles. The number of carbonyl (C=O) groups is 4. The average molecular weight is 1850 g/mol. The van der Waals surface area contributed by atoms with E-state index in [1.165, 1.54) is 91.1 Å². The molecule has 41 heteroatoms. The number of H-pyrrole nitrogens is 1. The Morgan fingerprint density at radius 2 is 0.612 bits per heavy atom. The number of halogens is 18. The van der Waals surface area contributed by atoms with Gasteiger partial charge in [-0.15, -0.1) is 90.4 Å². The summed E-state index contributed by atoms with van der Waals surface area (Å²) in [5, 5.41) is 16.3. The van der Waals surface area contributed by atoms with E-state index in [9.17, 15) is 98.2 Å². The summed E-state index contributed by atoms with van der Waals surface area (Å²) < 4.78 is 266. The van der Waals surface area contributed by atoms with Crippen molar-refractivity contribution in [1.29, 1.82) is 0 Å². The number of nitrogens with zero attached hydrogens (tertiary/aromatic N) is 3. The SMILES string of the molecule is CCOC(=O)c1sc(NC(=O)NC(Cc2ccccc2)(c2cccc(OC(F)(F)F)c2)c2cccc(OC(F)(F)F)c2)nc1C.Cc1nc(NC(=O)NC(Cc2ccccc2)(c2cccc(OC(F)(F)F)c2)c2cccc(OC(F)(F)F)c2)sc1C.O=C(Nc1nc2ccccc2[nH]1)NC(Cc1ccccc1)(c1cccc(OC(F)(F)F)c1)c1cccc(OC(F)(F)F)c1. The van der Waals surface area contributed by atoms with Crippen molar-refractivity contribution in [1.82, 2.24) is 35.9 Å². The quantitative estimate of drug-likeness (QED) is 0.0197. The van der Waals surface area contributed by atoms with Gasteiger partial charge >= 0.3 is 62.2 Å². The summed E-state index contributed by atoms with van der Waals surface area (Å²) in [6.45, 7) is 6.83. The number of hydrogen-bond donors (Lipinski definition) is 7. The molecule has 6 amide bonds. The van der Waals surface area contributed by atoms with Gasteiger partial charge in [0.15, 0.2) is 10.3 Å². The van der Waals surface area contributed by atoms with Gasteiger partial charge in [-0.05, 0) is 163 Å². The Balaban J connectivity index is 0.000000187. The van der Waals surface area contributed by atoms with Gasteiger partial charge in [-0.25, -0.2) is 34.1 Å². The minimum Gasteiger partial charge on any atom is -0.462 e. The number of aryl methyl sites for hydroxylation is 3. The lowest BCUT2D eigenvalue weighted by atomic mass is 9.77. The maximum atomic E-state index is 13.6. The van der Waals surface area contributed by atoms with E-state index >= 15 is 0 Å². The molecule has 3 heterocycles. The molecule has 0 aliphatic heterocycles. The number of aromatic nitrogens is 4. The first-order valence-corrected chi connectivity index (χ1v) is 39.5. The second-order valence-electron chi connectivity index (χ2n) is 27.8. The Hall–Kier alpha value is -14.3. The highest BCUT2D eigenvalue weighted by atomic mass is 32.1. The number of para-hydroxylation sites is 2. The molecule has 0 atom stereocenters. The molecule has 0 bridgehead atoms. The van der Waals surface area contributed by atoms with Gasteiger partial charge in [-0.3, -0.25) is 16.0 Å². The van der Waals surface area contributed by atoms with Crippen molar-refractivity contribution in [3.05, 3.63) is 332 Å². The minimum atomic E-state index is -5.05. The van der Waals surface area contributed by atoms with Crippen molar-refractivity contribution in [2.75, 3.05) is 22.6 Å². The summed E-state index contributed by atoms with van der Waals surface area (Å²) >= 11 is 2.04. The van der Waals surface area contributed by atoms with E-state index < -0.39 is 113 Å². The average Bonchev–Trinajstić information content (AvgIpc) is 1.60. The Bertz CT molecular complexity index is 5790.